The van der Waals surface area contributed by atoms with Gasteiger partial charge < -0.3 is 20.1 Å². The molecule has 2 rings (SSSR count). The lowest BCUT2D eigenvalue weighted by Crippen LogP contribution is -2.40. The summed E-state index contributed by atoms with van der Waals surface area (Å²) in [7, 11) is 1.55. The number of aliphatic carboxylic acids is 1. The maximum atomic E-state index is 13.6. The average molecular weight is 374 g/mol. The number of rotatable bonds is 8. The lowest BCUT2D eigenvalue weighted by atomic mass is 10.2. The second kappa shape index (κ2) is 9.56. The molecule has 0 saturated heterocycles. The third-order valence-corrected chi connectivity index (χ3v) is 4.04. The number of carbonyl (C=O) groups excluding carboxylic acids is 1. The molecule has 0 radical (unpaired) electrons. The van der Waals surface area contributed by atoms with Crippen molar-refractivity contribution in [2.45, 2.75) is 20.1 Å². The molecule has 7 heteroatoms. The van der Waals surface area contributed by atoms with Gasteiger partial charge in [-0.2, -0.15) is 0 Å². The van der Waals surface area contributed by atoms with Crippen LogP contribution in [-0.2, 0) is 17.9 Å². The SMILES string of the molecule is CC(CN(C)C(=O)NCc1ccc(OCc2ccccc2F)cc1)C(=O)O. The molecule has 2 aromatic rings. The summed E-state index contributed by atoms with van der Waals surface area (Å²) in [5.41, 5.74) is 1.34. The molecule has 6 nitrogen and oxygen atoms in total. The summed E-state index contributed by atoms with van der Waals surface area (Å²) in [5, 5.41) is 11.6. The van der Waals surface area contributed by atoms with Crippen molar-refractivity contribution in [1.82, 2.24) is 10.2 Å². The lowest BCUT2D eigenvalue weighted by Gasteiger charge is -2.20. The number of urea groups is 1. The topological polar surface area (TPSA) is 78.9 Å². The first-order valence-corrected chi connectivity index (χ1v) is 8.53. The van der Waals surface area contributed by atoms with Gasteiger partial charge in [-0.1, -0.05) is 37.3 Å². The summed E-state index contributed by atoms with van der Waals surface area (Å²) in [6.07, 6.45) is 0. The first-order valence-electron chi connectivity index (χ1n) is 8.53. The van der Waals surface area contributed by atoms with E-state index in [0.29, 0.717) is 17.9 Å². The molecule has 2 amide bonds. The van der Waals surface area contributed by atoms with Crippen LogP contribution < -0.4 is 10.1 Å². The molecule has 0 fully saturated rings. The van der Waals surface area contributed by atoms with E-state index in [0.717, 1.165) is 5.56 Å². The zero-order chi connectivity index (χ0) is 19.8. The molecule has 0 aliphatic heterocycles. The van der Waals surface area contributed by atoms with Crippen molar-refractivity contribution in [3.8, 4) is 5.75 Å². The van der Waals surface area contributed by atoms with Crippen LogP contribution in [0.4, 0.5) is 9.18 Å². The van der Waals surface area contributed by atoms with E-state index in [1.165, 1.54) is 11.0 Å². The van der Waals surface area contributed by atoms with Crippen molar-refractivity contribution < 1.29 is 23.8 Å². The molecule has 27 heavy (non-hydrogen) atoms. The van der Waals surface area contributed by atoms with Crippen molar-refractivity contribution in [3.05, 3.63) is 65.5 Å². The lowest BCUT2D eigenvalue weighted by molar-refractivity contribution is -0.141. The van der Waals surface area contributed by atoms with Crippen LogP contribution in [0.25, 0.3) is 0 Å². The minimum Gasteiger partial charge on any atom is -0.489 e. The Kier molecular flexibility index (Phi) is 7.16. The van der Waals surface area contributed by atoms with E-state index in [1.54, 1.807) is 56.4 Å². The quantitative estimate of drug-likeness (QED) is 0.743. The van der Waals surface area contributed by atoms with Gasteiger partial charge in [0.05, 0.1) is 5.92 Å². The van der Waals surface area contributed by atoms with Gasteiger partial charge in [-0.25, -0.2) is 9.18 Å². The van der Waals surface area contributed by atoms with Crippen LogP contribution in [0.2, 0.25) is 0 Å². The van der Waals surface area contributed by atoms with Gasteiger partial charge in [0.2, 0.25) is 0 Å². The number of amides is 2. The third kappa shape index (κ3) is 6.29. The molecule has 2 aromatic carbocycles. The molecule has 0 spiro atoms. The molecule has 0 aromatic heterocycles. The Hall–Kier alpha value is -3.09. The van der Waals surface area contributed by atoms with Gasteiger partial charge in [0.15, 0.2) is 0 Å². The summed E-state index contributed by atoms with van der Waals surface area (Å²) < 4.78 is 19.1. The number of carbonyl (C=O) groups is 2. The molecule has 1 atom stereocenters. The van der Waals surface area contributed by atoms with Crippen molar-refractivity contribution in [1.29, 1.82) is 0 Å². The Bertz CT molecular complexity index is 780. The van der Waals surface area contributed by atoms with Gasteiger partial charge in [-0.15, -0.1) is 0 Å². The monoisotopic (exact) mass is 374 g/mol. The van der Waals surface area contributed by atoms with E-state index in [-0.39, 0.29) is 25.0 Å². The fraction of sp³-hybridized carbons (Fsp3) is 0.300. The predicted molar refractivity (Wildman–Crippen MR) is 98.8 cm³/mol. The molecule has 0 heterocycles. The zero-order valence-electron chi connectivity index (χ0n) is 15.3. The van der Waals surface area contributed by atoms with Gasteiger partial charge in [0.1, 0.15) is 18.2 Å². The molecule has 0 aliphatic carbocycles. The number of nitrogens with one attached hydrogen (secondary N) is 1. The van der Waals surface area contributed by atoms with Crippen LogP contribution >= 0.6 is 0 Å². The fourth-order valence-corrected chi connectivity index (χ4v) is 2.36. The third-order valence-electron chi connectivity index (χ3n) is 4.04. The van der Waals surface area contributed by atoms with Gasteiger partial charge in [-0.3, -0.25) is 4.79 Å². The molecule has 0 saturated carbocycles. The normalized spacial score (nSPS) is 11.5. The van der Waals surface area contributed by atoms with E-state index in [2.05, 4.69) is 5.32 Å². The highest BCUT2D eigenvalue weighted by atomic mass is 19.1. The summed E-state index contributed by atoms with van der Waals surface area (Å²) in [6, 6.07) is 13.2. The predicted octanol–water partition coefficient (Wildman–Crippen LogP) is 3.27. The first kappa shape index (κ1) is 20.2. The highest BCUT2D eigenvalue weighted by Crippen LogP contribution is 2.15. The number of carboxylic acids is 1. The number of hydrogen-bond acceptors (Lipinski definition) is 3. The maximum absolute atomic E-state index is 13.6. The van der Waals surface area contributed by atoms with Crippen molar-refractivity contribution in [2.75, 3.05) is 13.6 Å². The molecular formula is C20H23FN2O4. The van der Waals surface area contributed by atoms with Gasteiger partial charge in [0.25, 0.3) is 0 Å². The van der Waals surface area contributed by atoms with Gasteiger partial charge in [-0.05, 0) is 23.8 Å². The second-order valence-corrected chi connectivity index (χ2v) is 6.30. The molecule has 0 aliphatic rings. The Morgan fingerprint density at radius 3 is 2.48 bits per heavy atom. The number of hydrogen-bond donors (Lipinski definition) is 2. The smallest absolute Gasteiger partial charge is 0.317 e. The minimum absolute atomic E-state index is 0.129. The van der Waals surface area contributed by atoms with Crippen LogP contribution in [0.5, 0.6) is 5.75 Å². The number of ether oxygens (including phenoxy) is 1. The Labute approximate surface area is 157 Å². The Morgan fingerprint density at radius 2 is 1.85 bits per heavy atom. The van der Waals surface area contributed by atoms with Crippen LogP contribution in [0.3, 0.4) is 0 Å². The summed E-state index contributed by atoms with van der Waals surface area (Å²) in [5.74, 6) is -1.29. The van der Waals surface area contributed by atoms with Crippen LogP contribution in [0.15, 0.2) is 48.5 Å². The van der Waals surface area contributed by atoms with Crippen LogP contribution in [0.1, 0.15) is 18.1 Å². The van der Waals surface area contributed by atoms with Crippen LogP contribution in [0, 0.1) is 11.7 Å². The first-order chi connectivity index (χ1) is 12.9. The molecular weight excluding hydrogens is 351 g/mol. The molecule has 0 bridgehead atoms. The Morgan fingerprint density at radius 1 is 1.19 bits per heavy atom. The number of halogens is 1. The molecule has 144 valence electrons. The minimum atomic E-state index is -0.944. The van der Waals surface area contributed by atoms with Gasteiger partial charge >= 0.3 is 12.0 Å². The highest BCUT2D eigenvalue weighted by Gasteiger charge is 2.17. The van der Waals surface area contributed by atoms with Gasteiger partial charge in [0, 0.05) is 25.7 Å². The van der Waals surface area contributed by atoms with E-state index in [4.69, 9.17) is 9.84 Å². The number of carboxylic acid groups (broad SMARTS) is 1. The zero-order valence-corrected chi connectivity index (χ0v) is 15.3. The molecule has 2 N–H and O–H groups in total. The van der Waals surface area contributed by atoms with Crippen molar-refractivity contribution in [2.24, 2.45) is 5.92 Å². The number of benzene rings is 2. The van der Waals surface area contributed by atoms with E-state index < -0.39 is 11.9 Å². The van der Waals surface area contributed by atoms with Crippen LogP contribution in [-0.4, -0.2) is 35.6 Å². The van der Waals surface area contributed by atoms with E-state index in [9.17, 15) is 14.0 Å². The number of nitrogens with zero attached hydrogens (tertiary/aromatic N) is 1. The summed E-state index contributed by atoms with van der Waals surface area (Å²) >= 11 is 0. The van der Waals surface area contributed by atoms with Crippen molar-refractivity contribution >= 4 is 12.0 Å². The van der Waals surface area contributed by atoms with E-state index >= 15 is 0 Å². The van der Waals surface area contributed by atoms with E-state index in [1.807, 2.05) is 0 Å². The summed E-state index contributed by atoms with van der Waals surface area (Å²) in [6.45, 7) is 2.11. The maximum Gasteiger partial charge on any atom is 0.317 e. The average Bonchev–Trinajstić information content (AvgIpc) is 2.66. The summed E-state index contributed by atoms with van der Waals surface area (Å²) in [4.78, 5) is 24.2. The second-order valence-electron chi connectivity index (χ2n) is 6.30. The largest absolute Gasteiger partial charge is 0.489 e. The molecule has 1 unspecified atom stereocenters. The fourth-order valence-electron chi connectivity index (χ4n) is 2.36. The Balaban J connectivity index is 1.80. The standard InChI is InChI=1S/C20H23FN2O4/c1-14(19(24)25)12-23(2)20(26)22-11-15-7-9-17(10-8-15)27-13-16-5-3-4-6-18(16)21/h3-10,14H,11-13H2,1-2H3,(H,22,26)(H,24,25). The highest BCUT2D eigenvalue weighted by molar-refractivity contribution is 5.75. The van der Waals surface area contributed by atoms with Crippen molar-refractivity contribution in [3.63, 3.8) is 0 Å².